The molecule has 1 aliphatic heterocycles. The lowest BCUT2D eigenvalue weighted by Crippen LogP contribution is -2.25. The summed E-state index contributed by atoms with van der Waals surface area (Å²) < 4.78 is 0. The van der Waals surface area contributed by atoms with Crippen molar-refractivity contribution in [3.8, 4) is 0 Å². The Morgan fingerprint density at radius 1 is 0.818 bits per heavy atom. The van der Waals surface area contributed by atoms with E-state index >= 15 is 0 Å². The van der Waals surface area contributed by atoms with E-state index in [9.17, 15) is 0 Å². The molecule has 1 saturated heterocycles. The Morgan fingerprint density at radius 2 is 1.27 bits per heavy atom. The number of rotatable bonds is 1. The lowest BCUT2D eigenvalue weighted by molar-refractivity contribution is 0.295. The van der Waals surface area contributed by atoms with Crippen molar-refractivity contribution in [3.05, 3.63) is 6.92 Å². The largest absolute Gasteiger partial charge is 0.303 e. The van der Waals surface area contributed by atoms with Gasteiger partial charge in [0.2, 0.25) is 0 Å². The minimum atomic E-state index is 1.00. The third-order valence-electron chi connectivity index (χ3n) is 2.51. The molecule has 65 valence electrons. The first-order chi connectivity index (χ1) is 5.43. The molecule has 0 aromatic heterocycles. The molecule has 0 aromatic rings. The highest BCUT2D eigenvalue weighted by Crippen LogP contribution is 2.10. The topological polar surface area (TPSA) is 3.24 Å². The van der Waals surface area contributed by atoms with Crippen molar-refractivity contribution >= 4 is 0 Å². The van der Waals surface area contributed by atoms with Crippen molar-refractivity contribution < 1.29 is 0 Å². The van der Waals surface area contributed by atoms with Crippen molar-refractivity contribution in [3.63, 3.8) is 0 Å². The van der Waals surface area contributed by atoms with Crippen LogP contribution in [0.4, 0.5) is 0 Å². The summed E-state index contributed by atoms with van der Waals surface area (Å²) in [6.07, 6.45) is 8.52. The van der Waals surface area contributed by atoms with Crippen molar-refractivity contribution in [2.75, 3.05) is 19.6 Å². The van der Waals surface area contributed by atoms with Crippen LogP contribution in [-0.2, 0) is 0 Å². The fraction of sp³-hybridized carbons (Fsp3) is 0.900. The number of hydrogen-bond acceptors (Lipinski definition) is 1. The molecule has 1 fully saturated rings. The van der Waals surface area contributed by atoms with Crippen molar-refractivity contribution in [1.82, 2.24) is 4.90 Å². The second-order valence-corrected chi connectivity index (χ2v) is 3.46. The van der Waals surface area contributed by atoms with Gasteiger partial charge in [0.25, 0.3) is 0 Å². The van der Waals surface area contributed by atoms with Crippen LogP contribution >= 0.6 is 0 Å². The third-order valence-corrected chi connectivity index (χ3v) is 2.51. The van der Waals surface area contributed by atoms with E-state index in [-0.39, 0.29) is 0 Å². The number of hydrogen-bond donors (Lipinski definition) is 0. The van der Waals surface area contributed by atoms with Crippen LogP contribution in [0.5, 0.6) is 0 Å². The SMILES string of the molecule is [CH2]CN1CCCCCCCC1. The summed E-state index contributed by atoms with van der Waals surface area (Å²) in [5.41, 5.74) is 0. The molecule has 1 nitrogen and oxygen atoms in total. The maximum absolute atomic E-state index is 3.94. The molecule has 0 atom stereocenters. The van der Waals surface area contributed by atoms with E-state index in [1.165, 1.54) is 51.6 Å². The Balaban J connectivity index is 2.19. The Bertz CT molecular complexity index is 80.9. The van der Waals surface area contributed by atoms with E-state index in [4.69, 9.17) is 0 Å². The minimum Gasteiger partial charge on any atom is -0.303 e. The molecule has 1 aliphatic rings. The van der Waals surface area contributed by atoms with E-state index in [1.54, 1.807) is 0 Å². The Labute approximate surface area is 70.8 Å². The second kappa shape index (κ2) is 5.59. The molecular weight excluding hydrogens is 134 g/mol. The van der Waals surface area contributed by atoms with E-state index in [2.05, 4.69) is 11.8 Å². The Morgan fingerprint density at radius 3 is 1.73 bits per heavy atom. The Kier molecular flexibility index (Phi) is 4.60. The first kappa shape index (κ1) is 9.05. The predicted molar refractivity (Wildman–Crippen MR) is 49.5 cm³/mol. The fourth-order valence-electron chi connectivity index (χ4n) is 1.71. The molecule has 0 bridgehead atoms. The first-order valence-corrected chi connectivity index (χ1v) is 4.95. The fourth-order valence-corrected chi connectivity index (χ4v) is 1.71. The van der Waals surface area contributed by atoms with Crippen LogP contribution in [0, 0.1) is 6.92 Å². The van der Waals surface area contributed by atoms with Gasteiger partial charge in [-0.2, -0.15) is 0 Å². The van der Waals surface area contributed by atoms with Crippen LogP contribution in [-0.4, -0.2) is 24.5 Å². The van der Waals surface area contributed by atoms with E-state index < -0.39 is 0 Å². The maximum atomic E-state index is 3.94. The molecule has 0 saturated carbocycles. The van der Waals surface area contributed by atoms with Gasteiger partial charge in [0.1, 0.15) is 0 Å². The lowest BCUT2D eigenvalue weighted by atomic mass is 10.1. The summed E-state index contributed by atoms with van der Waals surface area (Å²) in [4.78, 5) is 2.48. The van der Waals surface area contributed by atoms with Crippen LogP contribution in [0.3, 0.4) is 0 Å². The highest BCUT2D eigenvalue weighted by atomic mass is 15.1. The molecule has 0 aromatic carbocycles. The average Bonchev–Trinajstić information content (AvgIpc) is 2.16. The van der Waals surface area contributed by atoms with Crippen molar-refractivity contribution in [2.45, 2.75) is 38.5 Å². The summed E-state index contributed by atoms with van der Waals surface area (Å²) >= 11 is 0. The Hall–Kier alpha value is -0.0400. The van der Waals surface area contributed by atoms with Gasteiger partial charge in [-0.15, -0.1) is 0 Å². The van der Waals surface area contributed by atoms with E-state index in [0.717, 1.165) is 6.54 Å². The lowest BCUT2D eigenvalue weighted by Gasteiger charge is -2.18. The molecule has 0 aliphatic carbocycles. The normalized spacial score (nSPS) is 23.7. The molecule has 0 unspecified atom stereocenters. The summed E-state index contributed by atoms with van der Waals surface area (Å²) in [6.45, 7) is 7.50. The standard InChI is InChI=1S/C10H20N/c1-2-11-9-7-5-3-4-6-8-10-11/h1-10H2. The molecular formula is C10H20N. The third kappa shape index (κ3) is 3.76. The van der Waals surface area contributed by atoms with Crippen LogP contribution in [0.2, 0.25) is 0 Å². The molecule has 0 N–H and O–H groups in total. The second-order valence-electron chi connectivity index (χ2n) is 3.46. The molecule has 1 radical (unpaired) electrons. The molecule has 11 heavy (non-hydrogen) atoms. The smallest absolute Gasteiger partial charge is 0.00183 e. The van der Waals surface area contributed by atoms with Gasteiger partial charge in [0.15, 0.2) is 0 Å². The van der Waals surface area contributed by atoms with Crippen LogP contribution in [0.1, 0.15) is 38.5 Å². The highest BCUT2D eigenvalue weighted by molar-refractivity contribution is 4.61. The van der Waals surface area contributed by atoms with E-state index in [0.29, 0.717) is 0 Å². The van der Waals surface area contributed by atoms with Gasteiger partial charge in [0.05, 0.1) is 0 Å². The van der Waals surface area contributed by atoms with Gasteiger partial charge in [-0.1, -0.05) is 25.7 Å². The van der Waals surface area contributed by atoms with Crippen LogP contribution in [0.25, 0.3) is 0 Å². The summed E-state index contributed by atoms with van der Waals surface area (Å²) in [7, 11) is 0. The predicted octanol–water partition coefficient (Wildman–Crippen LogP) is 2.48. The van der Waals surface area contributed by atoms with Crippen LogP contribution in [0.15, 0.2) is 0 Å². The average molecular weight is 154 g/mol. The van der Waals surface area contributed by atoms with E-state index in [1.807, 2.05) is 0 Å². The summed E-state index contributed by atoms with van der Waals surface area (Å²) in [6, 6.07) is 0. The van der Waals surface area contributed by atoms with Crippen molar-refractivity contribution in [1.29, 1.82) is 0 Å². The van der Waals surface area contributed by atoms with Gasteiger partial charge in [-0.25, -0.2) is 0 Å². The zero-order chi connectivity index (χ0) is 7.94. The van der Waals surface area contributed by atoms with Gasteiger partial charge in [-0.05, 0) is 39.4 Å². The molecule has 1 heteroatoms. The van der Waals surface area contributed by atoms with Gasteiger partial charge in [-0.3, -0.25) is 0 Å². The molecule has 1 heterocycles. The molecule has 0 spiro atoms. The van der Waals surface area contributed by atoms with Crippen molar-refractivity contribution in [2.24, 2.45) is 0 Å². The van der Waals surface area contributed by atoms with Gasteiger partial charge in [0, 0.05) is 0 Å². The maximum Gasteiger partial charge on any atom is -0.00183 e. The summed E-state index contributed by atoms with van der Waals surface area (Å²) in [5, 5.41) is 0. The zero-order valence-corrected chi connectivity index (χ0v) is 7.52. The minimum absolute atomic E-state index is 1.00. The van der Waals surface area contributed by atoms with Gasteiger partial charge >= 0.3 is 0 Å². The van der Waals surface area contributed by atoms with Gasteiger partial charge < -0.3 is 4.90 Å². The zero-order valence-electron chi connectivity index (χ0n) is 7.52. The monoisotopic (exact) mass is 154 g/mol. The highest BCUT2D eigenvalue weighted by Gasteiger charge is 2.03. The quantitative estimate of drug-likeness (QED) is 0.561. The number of nitrogens with zero attached hydrogens (tertiary/aromatic N) is 1. The van der Waals surface area contributed by atoms with Crippen LogP contribution < -0.4 is 0 Å². The first-order valence-electron chi connectivity index (χ1n) is 4.95. The molecule has 1 rings (SSSR count). The summed E-state index contributed by atoms with van der Waals surface area (Å²) in [5.74, 6) is 0. The molecule has 0 amide bonds.